The molecule has 0 atom stereocenters. The van der Waals surface area contributed by atoms with Gasteiger partial charge in [-0.1, -0.05) is 27.7 Å². The smallest absolute Gasteiger partial charge is 0.0594 e. The van der Waals surface area contributed by atoms with E-state index in [1.165, 1.54) is 13.0 Å². The molecule has 1 aliphatic rings. The summed E-state index contributed by atoms with van der Waals surface area (Å²) in [7, 11) is 0. The van der Waals surface area contributed by atoms with Crippen LogP contribution in [0.15, 0.2) is 0 Å². The van der Waals surface area contributed by atoms with Gasteiger partial charge in [0.15, 0.2) is 0 Å². The molecule has 80 valence electrons. The average Bonchev–Trinajstić information content (AvgIpc) is 2.19. The fourth-order valence-electron chi connectivity index (χ4n) is 1.27. The number of hydrogen-bond acceptors (Lipinski definition) is 2. The van der Waals surface area contributed by atoms with Crippen LogP contribution in [-0.4, -0.2) is 37.7 Å². The summed E-state index contributed by atoms with van der Waals surface area (Å²) in [5, 5.41) is 0. The lowest BCUT2D eigenvalue weighted by molar-refractivity contribution is 0.0360. The number of ether oxygens (including phenoxy) is 1. The van der Waals surface area contributed by atoms with Crippen molar-refractivity contribution in [1.29, 1.82) is 0 Å². The highest BCUT2D eigenvalue weighted by atomic mass is 16.5. The highest BCUT2D eigenvalue weighted by Gasteiger charge is 2.09. The standard InChI is InChI=1S/C9H19NO.C2H6/c1-9(2)3-4-10-5-7-11-8-6-10;1-2/h9H,3-8H2,1-2H3;1-2H3. The van der Waals surface area contributed by atoms with Crippen molar-refractivity contribution in [2.75, 3.05) is 32.8 Å². The molecule has 0 spiro atoms. The van der Waals surface area contributed by atoms with Crippen molar-refractivity contribution in [3.63, 3.8) is 0 Å². The van der Waals surface area contributed by atoms with Crippen molar-refractivity contribution in [1.82, 2.24) is 4.90 Å². The van der Waals surface area contributed by atoms with E-state index in [1.54, 1.807) is 0 Å². The Morgan fingerprint density at radius 3 is 2.15 bits per heavy atom. The quantitative estimate of drug-likeness (QED) is 0.672. The first kappa shape index (κ1) is 12.9. The fourth-order valence-corrected chi connectivity index (χ4v) is 1.27. The number of rotatable bonds is 3. The van der Waals surface area contributed by atoms with Gasteiger partial charge in [-0.25, -0.2) is 0 Å². The average molecular weight is 187 g/mol. The summed E-state index contributed by atoms with van der Waals surface area (Å²) in [6.07, 6.45) is 1.32. The fraction of sp³-hybridized carbons (Fsp3) is 1.00. The Hall–Kier alpha value is -0.0800. The van der Waals surface area contributed by atoms with E-state index in [9.17, 15) is 0 Å². The van der Waals surface area contributed by atoms with Crippen molar-refractivity contribution >= 4 is 0 Å². The maximum atomic E-state index is 5.26. The highest BCUT2D eigenvalue weighted by molar-refractivity contribution is 4.62. The third kappa shape index (κ3) is 7.03. The molecule has 0 aromatic carbocycles. The normalized spacial score (nSPS) is 18.2. The predicted octanol–water partition coefficient (Wildman–Crippen LogP) is 2.39. The van der Waals surface area contributed by atoms with Crippen LogP contribution in [0.1, 0.15) is 34.1 Å². The third-order valence-corrected chi connectivity index (χ3v) is 2.13. The molecule has 0 saturated carbocycles. The van der Waals surface area contributed by atoms with Crippen LogP contribution < -0.4 is 0 Å². The molecule has 1 aliphatic heterocycles. The SMILES string of the molecule is CC.CC(C)CCN1CCOCC1. The maximum Gasteiger partial charge on any atom is 0.0594 e. The topological polar surface area (TPSA) is 12.5 Å². The molecule has 1 heterocycles. The lowest BCUT2D eigenvalue weighted by Crippen LogP contribution is -2.37. The van der Waals surface area contributed by atoms with Gasteiger partial charge in [0.25, 0.3) is 0 Å². The molecule has 1 saturated heterocycles. The first-order chi connectivity index (χ1) is 6.29. The Morgan fingerprint density at radius 2 is 1.69 bits per heavy atom. The van der Waals surface area contributed by atoms with Crippen molar-refractivity contribution in [3.8, 4) is 0 Å². The molecule has 2 nitrogen and oxygen atoms in total. The highest BCUT2D eigenvalue weighted by Crippen LogP contribution is 2.03. The summed E-state index contributed by atoms with van der Waals surface area (Å²) in [5.41, 5.74) is 0. The second-order valence-electron chi connectivity index (χ2n) is 3.64. The molecule has 1 rings (SSSR count). The number of nitrogens with zero attached hydrogens (tertiary/aromatic N) is 1. The van der Waals surface area contributed by atoms with Crippen LogP contribution >= 0.6 is 0 Å². The Morgan fingerprint density at radius 1 is 1.15 bits per heavy atom. The second kappa shape index (κ2) is 8.52. The largest absolute Gasteiger partial charge is 0.379 e. The third-order valence-electron chi connectivity index (χ3n) is 2.13. The van der Waals surface area contributed by atoms with Crippen molar-refractivity contribution in [2.45, 2.75) is 34.1 Å². The molecule has 0 bridgehead atoms. The number of morpholine rings is 1. The van der Waals surface area contributed by atoms with Gasteiger partial charge in [0.05, 0.1) is 13.2 Å². The summed E-state index contributed by atoms with van der Waals surface area (Å²) in [4.78, 5) is 2.49. The first-order valence-electron chi connectivity index (χ1n) is 5.59. The molecule has 1 fully saturated rings. The van der Waals surface area contributed by atoms with E-state index in [-0.39, 0.29) is 0 Å². The molecule has 2 heteroatoms. The molecule has 0 N–H and O–H groups in total. The number of hydrogen-bond donors (Lipinski definition) is 0. The Balaban J connectivity index is 0.000000671. The molecule has 0 aromatic heterocycles. The van der Waals surface area contributed by atoms with Gasteiger partial charge in [-0.3, -0.25) is 4.90 Å². The van der Waals surface area contributed by atoms with Gasteiger partial charge in [0.1, 0.15) is 0 Å². The summed E-state index contributed by atoms with van der Waals surface area (Å²) < 4.78 is 5.26. The van der Waals surface area contributed by atoms with E-state index in [0.29, 0.717) is 0 Å². The van der Waals surface area contributed by atoms with E-state index in [4.69, 9.17) is 4.74 Å². The summed E-state index contributed by atoms with van der Waals surface area (Å²) in [6.45, 7) is 13.9. The molecular formula is C11H25NO. The zero-order valence-electron chi connectivity index (χ0n) is 9.68. The van der Waals surface area contributed by atoms with Crippen LogP contribution in [0.25, 0.3) is 0 Å². The Labute approximate surface area is 83.3 Å². The van der Waals surface area contributed by atoms with Crippen LogP contribution in [0.5, 0.6) is 0 Å². The molecule has 0 aliphatic carbocycles. The zero-order valence-corrected chi connectivity index (χ0v) is 9.68. The van der Waals surface area contributed by atoms with Crippen LogP contribution in [-0.2, 0) is 4.74 Å². The molecule has 13 heavy (non-hydrogen) atoms. The summed E-state index contributed by atoms with van der Waals surface area (Å²) in [5.74, 6) is 0.831. The summed E-state index contributed by atoms with van der Waals surface area (Å²) >= 11 is 0. The van der Waals surface area contributed by atoms with E-state index in [0.717, 1.165) is 32.2 Å². The van der Waals surface area contributed by atoms with Gasteiger partial charge in [0, 0.05) is 13.1 Å². The Bertz CT molecular complexity index is 98.3. The van der Waals surface area contributed by atoms with Crippen molar-refractivity contribution in [3.05, 3.63) is 0 Å². The maximum absolute atomic E-state index is 5.26. The minimum Gasteiger partial charge on any atom is -0.379 e. The van der Waals surface area contributed by atoms with Crippen LogP contribution in [0.3, 0.4) is 0 Å². The lowest BCUT2D eigenvalue weighted by Gasteiger charge is -2.26. The molecule has 0 aromatic rings. The van der Waals surface area contributed by atoms with Crippen molar-refractivity contribution < 1.29 is 4.74 Å². The lowest BCUT2D eigenvalue weighted by atomic mass is 10.1. The van der Waals surface area contributed by atoms with Gasteiger partial charge >= 0.3 is 0 Å². The molecule has 0 amide bonds. The minimum absolute atomic E-state index is 0.831. The molecular weight excluding hydrogens is 162 g/mol. The van der Waals surface area contributed by atoms with Crippen LogP contribution in [0.2, 0.25) is 0 Å². The van der Waals surface area contributed by atoms with Crippen molar-refractivity contribution in [2.24, 2.45) is 5.92 Å². The van der Waals surface area contributed by atoms with E-state index >= 15 is 0 Å². The van der Waals surface area contributed by atoms with Crippen LogP contribution in [0.4, 0.5) is 0 Å². The monoisotopic (exact) mass is 187 g/mol. The minimum atomic E-state index is 0.831. The molecule has 0 radical (unpaired) electrons. The van der Waals surface area contributed by atoms with Gasteiger partial charge in [-0.2, -0.15) is 0 Å². The van der Waals surface area contributed by atoms with Gasteiger partial charge in [0.2, 0.25) is 0 Å². The van der Waals surface area contributed by atoms with E-state index in [1.807, 2.05) is 13.8 Å². The van der Waals surface area contributed by atoms with Gasteiger partial charge in [-0.05, 0) is 18.9 Å². The predicted molar refractivity (Wildman–Crippen MR) is 58.1 cm³/mol. The van der Waals surface area contributed by atoms with Gasteiger partial charge in [-0.15, -0.1) is 0 Å². The molecule has 0 unspecified atom stereocenters. The van der Waals surface area contributed by atoms with E-state index < -0.39 is 0 Å². The zero-order chi connectivity index (χ0) is 10.1. The van der Waals surface area contributed by atoms with Gasteiger partial charge < -0.3 is 4.74 Å². The summed E-state index contributed by atoms with van der Waals surface area (Å²) in [6, 6.07) is 0. The first-order valence-corrected chi connectivity index (χ1v) is 5.59. The Kier molecular flexibility index (Phi) is 8.46. The van der Waals surface area contributed by atoms with E-state index in [2.05, 4.69) is 18.7 Å². The van der Waals surface area contributed by atoms with Crippen LogP contribution in [0, 0.1) is 5.92 Å². The second-order valence-corrected chi connectivity index (χ2v) is 3.64.